The molecule has 0 aliphatic rings. The van der Waals surface area contributed by atoms with E-state index >= 15 is 0 Å². The minimum absolute atomic E-state index is 0.319. The lowest BCUT2D eigenvalue weighted by molar-refractivity contribution is 0.483. The monoisotopic (exact) mass is 292 g/mol. The average Bonchev–Trinajstić information content (AvgIpc) is 2.93. The molecule has 3 nitrogen and oxygen atoms in total. The van der Waals surface area contributed by atoms with Crippen LogP contribution in [0.3, 0.4) is 0 Å². The minimum atomic E-state index is 0.319. The smallest absolute Gasteiger partial charge is 0.228 e. The predicted octanol–water partition coefficient (Wildman–Crippen LogP) is 4.67. The molecule has 3 aromatic rings. The van der Waals surface area contributed by atoms with Crippen LogP contribution in [0, 0.1) is 18.3 Å². The lowest BCUT2D eigenvalue weighted by atomic mass is 10.2. The van der Waals surface area contributed by atoms with Crippen LogP contribution >= 0.6 is 11.8 Å². The topological polar surface area (TPSA) is 49.8 Å². The van der Waals surface area contributed by atoms with E-state index in [2.05, 4.69) is 11.1 Å². The van der Waals surface area contributed by atoms with Gasteiger partial charge in [0, 0.05) is 10.5 Å². The van der Waals surface area contributed by atoms with Crippen LogP contribution in [0.25, 0.3) is 11.5 Å². The molecule has 0 saturated heterocycles. The highest BCUT2D eigenvalue weighted by molar-refractivity contribution is 7.99. The molecule has 3 rings (SSSR count). The summed E-state index contributed by atoms with van der Waals surface area (Å²) in [7, 11) is 0. The zero-order chi connectivity index (χ0) is 14.7. The van der Waals surface area contributed by atoms with Crippen LogP contribution in [0.5, 0.6) is 0 Å². The fourth-order valence-electron chi connectivity index (χ4n) is 1.86. The highest BCUT2D eigenvalue weighted by atomic mass is 32.2. The molecule has 0 fully saturated rings. The first kappa shape index (κ1) is 13.5. The van der Waals surface area contributed by atoms with Crippen molar-refractivity contribution in [3.8, 4) is 17.5 Å². The summed E-state index contributed by atoms with van der Waals surface area (Å²) in [6.45, 7) is 2.04. The molecular weight excluding hydrogens is 280 g/mol. The van der Waals surface area contributed by atoms with Crippen LogP contribution in [0.15, 0.2) is 69.0 Å². The molecule has 0 radical (unpaired) electrons. The van der Waals surface area contributed by atoms with Gasteiger partial charge < -0.3 is 4.42 Å². The summed E-state index contributed by atoms with van der Waals surface area (Å²) in [4.78, 5) is 5.29. The summed E-state index contributed by atoms with van der Waals surface area (Å²) in [5, 5.41) is 9.74. The van der Waals surface area contributed by atoms with Crippen LogP contribution in [0.1, 0.15) is 11.3 Å². The van der Waals surface area contributed by atoms with E-state index in [0.717, 1.165) is 10.5 Å². The Kier molecular flexibility index (Phi) is 3.76. The van der Waals surface area contributed by atoms with Crippen LogP contribution < -0.4 is 0 Å². The standard InChI is InChI=1S/C17H12N2OS/c1-12-7-9-14(10-8-12)21-17-15(11-18)19-16(20-17)13-5-3-2-4-6-13/h2-10H,1H3. The normalized spacial score (nSPS) is 10.3. The van der Waals surface area contributed by atoms with E-state index in [1.54, 1.807) is 0 Å². The molecule has 1 aromatic heterocycles. The fourth-order valence-corrected chi connectivity index (χ4v) is 2.66. The van der Waals surface area contributed by atoms with Gasteiger partial charge in [-0.05, 0) is 43.0 Å². The van der Waals surface area contributed by atoms with E-state index in [4.69, 9.17) is 4.42 Å². The van der Waals surface area contributed by atoms with Crippen molar-refractivity contribution in [1.29, 1.82) is 5.26 Å². The molecule has 2 aromatic carbocycles. The van der Waals surface area contributed by atoms with Crippen molar-refractivity contribution in [2.45, 2.75) is 16.9 Å². The van der Waals surface area contributed by atoms with Gasteiger partial charge in [0.15, 0.2) is 5.69 Å². The first-order valence-electron chi connectivity index (χ1n) is 6.47. The number of hydrogen-bond acceptors (Lipinski definition) is 4. The molecule has 0 saturated carbocycles. The molecule has 0 N–H and O–H groups in total. The number of aryl methyl sites for hydroxylation is 1. The predicted molar refractivity (Wildman–Crippen MR) is 82.0 cm³/mol. The van der Waals surface area contributed by atoms with Gasteiger partial charge in [-0.1, -0.05) is 35.9 Å². The van der Waals surface area contributed by atoms with E-state index in [0.29, 0.717) is 16.7 Å². The van der Waals surface area contributed by atoms with Crippen LogP contribution in [0.4, 0.5) is 0 Å². The highest BCUT2D eigenvalue weighted by Crippen LogP contribution is 2.33. The van der Waals surface area contributed by atoms with Crippen molar-refractivity contribution in [2.24, 2.45) is 0 Å². The Hall–Kier alpha value is -2.51. The zero-order valence-electron chi connectivity index (χ0n) is 11.4. The van der Waals surface area contributed by atoms with Gasteiger partial charge in [0.1, 0.15) is 6.07 Å². The van der Waals surface area contributed by atoms with Crippen molar-refractivity contribution < 1.29 is 4.42 Å². The van der Waals surface area contributed by atoms with Gasteiger partial charge in [0.05, 0.1) is 0 Å². The molecule has 0 aliphatic heterocycles. The van der Waals surface area contributed by atoms with Gasteiger partial charge in [-0.15, -0.1) is 0 Å². The molecule has 0 bridgehead atoms. The largest absolute Gasteiger partial charge is 0.428 e. The number of oxazole rings is 1. The summed E-state index contributed by atoms with van der Waals surface area (Å²) in [6, 6.07) is 19.7. The Balaban J connectivity index is 1.94. The molecule has 4 heteroatoms. The third-order valence-electron chi connectivity index (χ3n) is 2.95. The van der Waals surface area contributed by atoms with E-state index < -0.39 is 0 Å². The number of rotatable bonds is 3. The minimum Gasteiger partial charge on any atom is -0.428 e. The van der Waals surface area contributed by atoms with Crippen molar-refractivity contribution >= 4 is 11.8 Å². The molecule has 0 aliphatic carbocycles. The second-order valence-electron chi connectivity index (χ2n) is 4.55. The highest BCUT2D eigenvalue weighted by Gasteiger charge is 2.15. The van der Waals surface area contributed by atoms with E-state index in [1.165, 1.54) is 17.3 Å². The maximum Gasteiger partial charge on any atom is 0.228 e. The molecule has 0 amide bonds. The van der Waals surface area contributed by atoms with Gasteiger partial charge in [-0.3, -0.25) is 0 Å². The molecular formula is C17H12N2OS. The Morgan fingerprint density at radius 2 is 1.76 bits per heavy atom. The van der Waals surface area contributed by atoms with Gasteiger partial charge in [-0.25, -0.2) is 0 Å². The number of benzene rings is 2. The van der Waals surface area contributed by atoms with Gasteiger partial charge in [-0.2, -0.15) is 10.2 Å². The zero-order valence-corrected chi connectivity index (χ0v) is 12.2. The van der Waals surface area contributed by atoms with E-state index in [1.807, 2.05) is 61.5 Å². The van der Waals surface area contributed by atoms with E-state index in [-0.39, 0.29) is 0 Å². The second kappa shape index (κ2) is 5.86. The average molecular weight is 292 g/mol. The SMILES string of the molecule is Cc1ccc(Sc2oc(-c3ccccc3)nc2C#N)cc1. The fraction of sp³-hybridized carbons (Fsp3) is 0.0588. The summed E-state index contributed by atoms with van der Waals surface area (Å²) in [6.07, 6.45) is 0. The summed E-state index contributed by atoms with van der Waals surface area (Å²) in [5.41, 5.74) is 2.38. The number of nitriles is 1. The number of aromatic nitrogens is 1. The second-order valence-corrected chi connectivity index (χ2v) is 5.59. The third kappa shape index (κ3) is 2.99. The van der Waals surface area contributed by atoms with Crippen LogP contribution in [-0.2, 0) is 0 Å². The van der Waals surface area contributed by atoms with Crippen molar-refractivity contribution in [3.05, 3.63) is 65.9 Å². The molecule has 21 heavy (non-hydrogen) atoms. The maximum atomic E-state index is 9.21. The molecule has 0 spiro atoms. The Bertz CT molecular complexity index is 786. The lowest BCUT2D eigenvalue weighted by Crippen LogP contribution is -1.78. The summed E-state index contributed by atoms with van der Waals surface area (Å²) < 4.78 is 5.76. The Morgan fingerprint density at radius 1 is 1.05 bits per heavy atom. The van der Waals surface area contributed by atoms with Gasteiger partial charge in [0.25, 0.3) is 0 Å². The Morgan fingerprint density at radius 3 is 2.43 bits per heavy atom. The summed E-state index contributed by atoms with van der Waals surface area (Å²) in [5.74, 6) is 0.474. The van der Waals surface area contributed by atoms with Gasteiger partial charge >= 0.3 is 0 Å². The molecule has 102 valence electrons. The van der Waals surface area contributed by atoms with Crippen LogP contribution in [0.2, 0.25) is 0 Å². The van der Waals surface area contributed by atoms with E-state index in [9.17, 15) is 5.26 Å². The first-order valence-corrected chi connectivity index (χ1v) is 7.29. The number of nitrogens with zero attached hydrogens (tertiary/aromatic N) is 2. The quantitative estimate of drug-likeness (QED) is 0.703. The van der Waals surface area contributed by atoms with Crippen molar-refractivity contribution in [2.75, 3.05) is 0 Å². The lowest BCUT2D eigenvalue weighted by Gasteiger charge is -1.98. The van der Waals surface area contributed by atoms with Crippen molar-refractivity contribution in [3.63, 3.8) is 0 Å². The maximum absolute atomic E-state index is 9.21. The third-order valence-corrected chi connectivity index (χ3v) is 3.92. The summed E-state index contributed by atoms with van der Waals surface area (Å²) >= 11 is 1.41. The number of hydrogen-bond donors (Lipinski definition) is 0. The van der Waals surface area contributed by atoms with Gasteiger partial charge in [0.2, 0.25) is 11.0 Å². The molecule has 0 atom stereocenters. The van der Waals surface area contributed by atoms with Crippen LogP contribution in [-0.4, -0.2) is 4.98 Å². The van der Waals surface area contributed by atoms with Crippen molar-refractivity contribution in [1.82, 2.24) is 4.98 Å². The first-order chi connectivity index (χ1) is 10.3. The molecule has 1 heterocycles. The Labute approximate surface area is 127 Å². The molecule has 0 unspecified atom stereocenters.